The van der Waals surface area contributed by atoms with Crippen molar-refractivity contribution in [2.75, 3.05) is 33.0 Å². The SMILES string of the molecule is CCC(C)(C)C(=O)OC1C(C)C2CC1C1C3CC(C4COC(=O)C43)C21.CCC(C)(C)C(=O)OC1C(CO)C2CC1C1C3CC(C4COC(=O)C43)C21.CCC(C)(C)C(=O)OCC(=O)OC1CC2CC1C1C3CC(C4COC(=O)C43)C21. The van der Waals surface area contributed by atoms with Crippen molar-refractivity contribution in [3.05, 3.63) is 0 Å². The van der Waals surface area contributed by atoms with E-state index in [9.17, 15) is 38.7 Å². The van der Waals surface area contributed by atoms with Gasteiger partial charge in [0.05, 0.1) is 53.8 Å². The molecule has 29 unspecified atom stereocenters. The number of hydrogen-bond donors (Lipinski definition) is 1. The third kappa shape index (κ3) is 7.92. The maximum atomic E-state index is 12.7. The van der Waals surface area contributed by atoms with Gasteiger partial charge in [-0.15, -0.1) is 0 Å². The highest BCUT2D eigenvalue weighted by Crippen LogP contribution is 2.75. The summed E-state index contributed by atoms with van der Waals surface area (Å²) in [5, 5.41) is 10.1. The van der Waals surface area contributed by atoms with Crippen molar-refractivity contribution in [1.82, 2.24) is 0 Å². The fraction of sp³-hybridized carbons (Fsp3) is 0.891. The number of fused-ring (bicyclic) bond motifs is 36. The normalized spacial score (nSPS) is 49.2. The zero-order chi connectivity index (χ0) is 55.8. The number of carbonyl (C=O) groups excluding carboxylic acids is 7. The van der Waals surface area contributed by atoms with E-state index in [0.29, 0.717) is 151 Å². The molecule has 3 aliphatic heterocycles. The second kappa shape index (κ2) is 19.1. The second-order valence-corrected chi connectivity index (χ2v) is 30.4. The minimum Gasteiger partial charge on any atom is -0.465 e. The van der Waals surface area contributed by atoms with E-state index in [1.54, 1.807) is 0 Å². The molecule has 15 aliphatic rings. The van der Waals surface area contributed by atoms with Gasteiger partial charge in [0.1, 0.15) is 18.3 Å². The second-order valence-electron chi connectivity index (χ2n) is 30.4. The molecule has 12 saturated carbocycles. The van der Waals surface area contributed by atoms with Crippen LogP contribution >= 0.6 is 0 Å². The van der Waals surface area contributed by atoms with E-state index in [1.165, 1.54) is 12.8 Å². The molecular weight excluding hydrogens is 1010 g/mol. The summed E-state index contributed by atoms with van der Waals surface area (Å²) in [6.07, 6.45) is 9.74. The molecule has 1 N–H and O–H groups in total. The van der Waals surface area contributed by atoms with E-state index >= 15 is 0 Å². The minimum absolute atomic E-state index is 0.00211. The van der Waals surface area contributed by atoms with Gasteiger partial charge in [0, 0.05) is 36.2 Å². The zero-order valence-corrected chi connectivity index (χ0v) is 48.5. The van der Waals surface area contributed by atoms with Gasteiger partial charge in [-0.25, -0.2) is 4.79 Å². The lowest BCUT2D eigenvalue weighted by molar-refractivity contribution is -0.172. The molecule has 0 aromatic carbocycles. The molecule has 15 heteroatoms. The smallest absolute Gasteiger partial charge is 0.344 e. The lowest BCUT2D eigenvalue weighted by Gasteiger charge is -2.45. The fourth-order valence-corrected chi connectivity index (χ4v) is 22.4. The minimum atomic E-state index is -0.588. The topological polar surface area (TPSA) is 204 Å². The Labute approximate surface area is 466 Å². The molecule has 3 heterocycles. The van der Waals surface area contributed by atoms with Gasteiger partial charge in [0.15, 0.2) is 6.61 Å². The summed E-state index contributed by atoms with van der Waals surface area (Å²) in [6, 6.07) is 0. The molecule has 15 fully saturated rings. The molecule has 15 nitrogen and oxygen atoms in total. The van der Waals surface area contributed by atoms with Crippen molar-refractivity contribution in [3.63, 3.8) is 0 Å². The largest absolute Gasteiger partial charge is 0.465 e. The fourth-order valence-electron chi connectivity index (χ4n) is 22.4. The maximum absolute atomic E-state index is 12.7. The predicted octanol–water partition coefficient (Wildman–Crippen LogP) is 8.14. The molecule has 15 rings (SSSR count). The van der Waals surface area contributed by atoms with Gasteiger partial charge in [-0.05, 0) is 212 Å². The quantitative estimate of drug-likeness (QED) is 0.111. The van der Waals surface area contributed by atoms with Crippen LogP contribution in [0.1, 0.15) is 133 Å². The Balaban J connectivity index is 0.000000112. The van der Waals surface area contributed by atoms with Crippen LogP contribution in [0.5, 0.6) is 0 Å². The Morgan fingerprint density at radius 1 is 0.468 bits per heavy atom. The Hall–Kier alpha value is -3.75. The first kappa shape index (κ1) is 54.5. The van der Waals surface area contributed by atoms with Crippen molar-refractivity contribution >= 4 is 41.8 Å². The monoisotopic (exact) mass is 1100 g/mol. The lowest BCUT2D eigenvalue weighted by Crippen LogP contribution is -2.49. The van der Waals surface area contributed by atoms with E-state index in [4.69, 9.17) is 33.2 Å². The molecule has 0 amide bonds. The van der Waals surface area contributed by atoms with Crippen molar-refractivity contribution in [3.8, 4) is 0 Å². The standard InChI is InChI=1S/C22H30O6.C21H30O5.C21H30O4/c1-4-22(2,3)21(25)27-9-16(23)28-15-6-10-5-12(15)18-13-7-11(17(10)18)14-8-26-20(24)19(13)14;1-4-21(2,3)20(24)26-18-12-6-9(13(18)7-22)15-10-5-11(16(12)15)17-14(10)8-25-19(17)23;1-5-21(3,4)20(23)25-18-9(2)10-6-13(18)16-12-7-11(15(10)16)14-8-24-19(22)17(12)14/h10-15,17-19H,4-9H2,1-3H3;9-18,22H,4-8H2,1-3H3;9-18H,5-8H2,1-4H3. The van der Waals surface area contributed by atoms with E-state index in [-0.39, 0.29) is 91.0 Å². The average molecular weight is 1100 g/mol. The average Bonchev–Trinajstić information content (AvgIpc) is 2.42. The molecule has 79 heavy (non-hydrogen) atoms. The highest BCUT2D eigenvalue weighted by molar-refractivity contribution is 5.80. The summed E-state index contributed by atoms with van der Waals surface area (Å²) in [4.78, 5) is 86.4. The number of ether oxygens (including phenoxy) is 7. The number of rotatable bonds is 12. The van der Waals surface area contributed by atoms with Gasteiger partial charge in [-0.2, -0.15) is 0 Å². The van der Waals surface area contributed by atoms with E-state index in [2.05, 4.69) is 6.92 Å². The van der Waals surface area contributed by atoms with Crippen LogP contribution in [0.4, 0.5) is 0 Å². The molecule has 3 saturated heterocycles. The van der Waals surface area contributed by atoms with Gasteiger partial charge >= 0.3 is 41.8 Å². The number of carbonyl (C=O) groups is 7. The molecule has 0 aromatic rings. The third-order valence-electron chi connectivity index (χ3n) is 26.7. The Morgan fingerprint density at radius 3 is 1.37 bits per heavy atom. The molecule has 0 spiro atoms. The van der Waals surface area contributed by atoms with E-state index < -0.39 is 22.2 Å². The summed E-state index contributed by atoms with van der Waals surface area (Å²) < 4.78 is 39.3. The van der Waals surface area contributed by atoms with Crippen LogP contribution in [0, 0.1) is 170 Å². The lowest BCUT2D eigenvalue weighted by atomic mass is 9.61. The first-order valence-electron chi connectivity index (χ1n) is 31.4. The van der Waals surface area contributed by atoms with Crippen molar-refractivity contribution in [2.45, 2.75) is 152 Å². The summed E-state index contributed by atoms with van der Waals surface area (Å²) >= 11 is 0. The summed E-state index contributed by atoms with van der Waals surface area (Å²) in [6.45, 7) is 21.3. The van der Waals surface area contributed by atoms with Crippen LogP contribution in [0.15, 0.2) is 0 Å². The number of aliphatic hydroxyl groups excluding tert-OH is 1. The summed E-state index contributed by atoms with van der Waals surface area (Å²) in [5.74, 6) is 10.7. The first-order valence-corrected chi connectivity index (χ1v) is 31.4. The van der Waals surface area contributed by atoms with Crippen LogP contribution in [0.2, 0.25) is 0 Å². The van der Waals surface area contributed by atoms with Gasteiger partial charge in [-0.1, -0.05) is 27.7 Å². The first-order chi connectivity index (χ1) is 37.5. The molecule has 12 bridgehead atoms. The number of cyclic esters (lactones) is 3. The molecule has 436 valence electrons. The van der Waals surface area contributed by atoms with E-state index in [0.717, 1.165) is 50.9 Å². The highest BCUT2D eigenvalue weighted by Gasteiger charge is 2.75. The highest BCUT2D eigenvalue weighted by atomic mass is 16.6. The molecule has 12 aliphatic carbocycles. The van der Waals surface area contributed by atoms with Crippen molar-refractivity contribution < 1.29 is 71.8 Å². The Bertz CT molecular complexity index is 2520. The molecule has 29 atom stereocenters. The summed E-state index contributed by atoms with van der Waals surface area (Å²) in [7, 11) is 0. The van der Waals surface area contributed by atoms with Crippen LogP contribution in [-0.2, 0) is 66.7 Å². The van der Waals surface area contributed by atoms with Gasteiger partial charge < -0.3 is 38.3 Å². The molecule has 0 aromatic heterocycles. The zero-order valence-electron chi connectivity index (χ0n) is 48.5. The number of aliphatic hydroxyl groups is 1. The maximum Gasteiger partial charge on any atom is 0.344 e. The van der Waals surface area contributed by atoms with Crippen LogP contribution in [-0.4, -0.2) is 98.2 Å². The van der Waals surface area contributed by atoms with Crippen LogP contribution < -0.4 is 0 Å². The van der Waals surface area contributed by atoms with Crippen LogP contribution in [0.25, 0.3) is 0 Å². The number of esters is 7. The molecular formula is C64H90O15. The van der Waals surface area contributed by atoms with Gasteiger partial charge in [-0.3, -0.25) is 28.8 Å². The van der Waals surface area contributed by atoms with Crippen molar-refractivity contribution in [2.24, 2.45) is 170 Å². The Kier molecular flexibility index (Phi) is 13.2. The van der Waals surface area contributed by atoms with Gasteiger partial charge in [0.25, 0.3) is 0 Å². The molecule has 0 radical (unpaired) electrons. The number of hydrogen-bond acceptors (Lipinski definition) is 15. The van der Waals surface area contributed by atoms with Gasteiger partial charge in [0.2, 0.25) is 0 Å². The van der Waals surface area contributed by atoms with Crippen LogP contribution in [0.3, 0.4) is 0 Å². The van der Waals surface area contributed by atoms with Crippen molar-refractivity contribution in [1.29, 1.82) is 0 Å². The Morgan fingerprint density at radius 2 is 0.873 bits per heavy atom. The third-order valence-corrected chi connectivity index (χ3v) is 26.7. The van der Waals surface area contributed by atoms with E-state index in [1.807, 2.05) is 62.3 Å². The summed E-state index contributed by atoms with van der Waals surface area (Å²) in [5.41, 5.74) is -1.48. The predicted molar refractivity (Wildman–Crippen MR) is 282 cm³/mol.